The van der Waals surface area contributed by atoms with E-state index >= 15 is 0 Å². The van der Waals surface area contributed by atoms with E-state index in [0.717, 1.165) is 24.1 Å². The van der Waals surface area contributed by atoms with Crippen molar-refractivity contribution in [3.8, 4) is 0 Å². The van der Waals surface area contributed by atoms with Crippen LogP contribution in [0, 0.1) is 0 Å². The number of carbonyl (C=O) groups is 1. The number of halogens is 1. The van der Waals surface area contributed by atoms with Crippen molar-refractivity contribution in [3.63, 3.8) is 0 Å². The van der Waals surface area contributed by atoms with Crippen LogP contribution in [0.3, 0.4) is 0 Å². The third kappa shape index (κ3) is 5.26. The number of nitrogens with one attached hydrogen (secondary N) is 1. The highest BCUT2D eigenvalue weighted by atomic mass is 35.5. The van der Waals surface area contributed by atoms with Gasteiger partial charge in [-0.15, -0.1) is 0 Å². The zero-order chi connectivity index (χ0) is 17.5. The Morgan fingerprint density at radius 1 is 1.28 bits per heavy atom. The summed E-state index contributed by atoms with van der Waals surface area (Å²) in [6.45, 7) is 3.06. The van der Waals surface area contributed by atoms with E-state index in [1.165, 1.54) is 0 Å². The number of aromatic nitrogens is 1. The van der Waals surface area contributed by atoms with Gasteiger partial charge in [0.1, 0.15) is 6.10 Å². The Kier molecular flexibility index (Phi) is 6.39. The van der Waals surface area contributed by atoms with Crippen molar-refractivity contribution >= 4 is 17.5 Å². The summed E-state index contributed by atoms with van der Waals surface area (Å²) in [5, 5.41) is 3.93. The van der Waals surface area contributed by atoms with Crippen LogP contribution in [0.2, 0.25) is 5.02 Å². The van der Waals surface area contributed by atoms with Crippen LogP contribution >= 0.6 is 11.6 Å². The minimum Gasteiger partial charge on any atom is -0.366 e. The number of hydrogen-bond acceptors (Lipinski definition) is 4. The zero-order valence-electron chi connectivity index (χ0n) is 14.0. The number of hydrogen-bond donors (Lipinski definition) is 1. The first-order valence-electron chi connectivity index (χ1n) is 8.47. The number of benzene rings is 1. The molecule has 1 aliphatic rings. The van der Waals surface area contributed by atoms with E-state index in [4.69, 9.17) is 16.3 Å². The first-order valence-corrected chi connectivity index (χ1v) is 8.84. The molecule has 2 aromatic rings. The molecule has 3 rings (SSSR count). The van der Waals surface area contributed by atoms with Crippen LogP contribution in [0.1, 0.15) is 11.1 Å². The molecule has 0 radical (unpaired) electrons. The summed E-state index contributed by atoms with van der Waals surface area (Å²) in [4.78, 5) is 18.9. The van der Waals surface area contributed by atoms with Crippen LogP contribution in [-0.4, -0.2) is 48.1 Å². The molecule has 0 spiro atoms. The van der Waals surface area contributed by atoms with Gasteiger partial charge in [-0.2, -0.15) is 0 Å². The van der Waals surface area contributed by atoms with Gasteiger partial charge < -0.3 is 15.0 Å². The fraction of sp³-hybridized carbons (Fsp3) is 0.368. The molecule has 0 saturated carbocycles. The zero-order valence-corrected chi connectivity index (χ0v) is 14.8. The van der Waals surface area contributed by atoms with Gasteiger partial charge in [-0.1, -0.05) is 29.8 Å². The summed E-state index contributed by atoms with van der Waals surface area (Å²) < 4.78 is 5.64. The number of carbonyl (C=O) groups excluding carboxylic acids is 1. The normalized spacial score (nSPS) is 17.2. The lowest BCUT2D eigenvalue weighted by Crippen LogP contribution is -2.49. The summed E-state index contributed by atoms with van der Waals surface area (Å²) in [6.07, 6.45) is 3.87. The van der Waals surface area contributed by atoms with Crippen molar-refractivity contribution in [2.45, 2.75) is 19.1 Å². The van der Waals surface area contributed by atoms with E-state index in [2.05, 4.69) is 10.3 Å². The molecule has 2 heterocycles. The van der Waals surface area contributed by atoms with Crippen molar-refractivity contribution in [3.05, 3.63) is 64.9 Å². The van der Waals surface area contributed by atoms with E-state index in [0.29, 0.717) is 31.3 Å². The molecule has 1 aliphatic heterocycles. The minimum atomic E-state index is -0.421. The van der Waals surface area contributed by atoms with Gasteiger partial charge in [-0.3, -0.25) is 9.78 Å². The van der Waals surface area contributed by atoms with E-state index in [1.54, 1.807) is 12.4 Å². The molecule has 132 valence electrons. The van der Waals surface area contributed by atoms with Gasteiger partial charge in [0.05, 0.1) is 6.61 Å². The fourth-order valence-corrected chi connectivity index (χ4v) is 2.95. The summed E-state index contributed by atoms with van der Waals surface area (Å²) in [5.41, 5.74) is 2.16. The highest BCUT2D eigenvalue weighted by molar-refractivity contribution is 6.30. The second-order valence-corrected chi connectivity index (χ2v) is 6.50. The molecule has 0 aliphatic carbocycles. The Morgan fingerprint density at radius 3 is 2.80 bits per heavy atom. The molecule has 1 N–H and O–H groups in total. The highest BCUT2D eigenvalue weighted by Gasteiger charge is 2.26. The molecule has 0 unspecified atom stereocenters. The Morgan fingerprint density at radius 2 is 2.12 bits per heavy atom. The van der Waals surface area contributed by atoms with Gasteiger partial charge in [-0.25, -0.2) is 0 Å². The monoisotopic (exact) mass is 359 g/mol. The van der Waals surface area contributed by atoms with Crippen molar-refractivity contribution in [2.24, 2.45) is 0 Å². The Bertz CT molecular complexity index is 673. The van der Waals surface area contributed by atoms with Crippen molar-refractivity contribution < 1.29 is 9.53 Å². The number of nitrogens with zero attached hydrogens (tertiary/aromatic N) is 2. The summed E-state index contributed by atoms with van der Waals surface area (Å²) in [6, 6.07) is 11.6. The Hall–Kier alpha value is -1.95. The topological polar surface area (TPSA) is 54.5 Å². The molecule has 1 amide bonds. The third-order valence-electron chi connectivity index (χ3n) is 4.19. The molecule has 5 nitrogen and oxygen atoms in total. The fourth-order valence-electron chi connectivity index (χ4n) is 2.82. The van der Waals surface area contributed by atoms with Crippen LogP contribution in [0.25, 0.3) is 0 Å². The molecule has 0 bridgehead atoms. The van der Waals surface area contributed by atoms with Gasteiger partial charge in [-0.05, 0) is 35.7 Å². The van der Waals surface area contributed by atoms with Crippen molar-refractivity contribution in [2.75, 3.05) is 26.2 Å². The molecule has 1 aromatic heterocycles. The predicted molar refractivity (Wildman–Crippen MR) is 97.4 cm³/mol. The first kappa shape index (κ1) is 17.9. The van der Waals surface area contributed by atoms with Gasteiger partial charge in [0.15, 0.2) is 0 Å². The van der Waals surface area contributed by atoms with E-state index in [9.17, 15) is 4.79 Å². The average Bonchev–Trinajstić information content (AvgIpc) is 2.67. The number of ether oxygens (including phenoxy) is 1. The quantitative estimate of drug-likeness (QED) is 0.859. The molecule has 6 heteroatoms. The van der Waals surface area contributed by atoms with Crippen LogP contribution in [0.4, 0.5) is 0 Å². The maximum absolute atomic E-state index is 12.9. The van der Waals surface area contributed by atoms with Crippen LogP contribution in [0.5, 0.6) is 0 Å². The highest BCUT2D eigenvalue weighted by Crippen LogP contribution is 2.13. The molecular weight excluding hydrogens is 338 g/mol. The molecular formula is C19H22ClN3O2. The van der Waals surface area contributed by atoms with Gasteiger partial charge in [0.2, 0.25) is 0 Å². The lowest BCUT2D eigenvalue weighted by molar-refractivity contribution is -0.145. The SMILES string of the molecule is O=C([C@@H]1CNCCO1)N(CCc1ccc(Cl)cc1)Cc1cccnc1. The molecule has 1 fully saturated rings. The van der Waals surface area contributed by atoms with E-state index < -0.39 is 6.10 Å². The number of morpholine rings is 1. The Balaban J connectivity index is 1.68. The maximum atomic E-state index is 12.9. The summed E-state index contributed by atoms with van der Waals surface area (Å²) in [7, 11) is 0. The number of amides is 1. The lowest BCUT2D eigenvalue weighted by Gasteiger charge is -2.30. The van der Waals surface area contributed by atoms with Gasteiger partial charge in [0.25, 0.3) is 5.91 Å². The van der Waals surface area contributed by atoms with Gasteiger partial charge >= 0.3 is 0 Å². The summed E-state index contributed by atoms with van der Waals surface area (Å²) in [5.74, 6) is 0.0185. The standard InChI is InChI=1S/C19H22ClN3O2/c20-17-5-3-15(4-6-17)7-10-23(14-16-2-1-8-21-12-16)19(24)18-13-22-9-11-25-18/h1-6,8,12,18,22H,7,9-11,13-14H2/t18-/m0/s1. The number of pyridine rings is 1. The third-order valence-corrected chi connectivity index (χ3v) is 4.45. The van der Waals surface area contributed by atoms with Crippen LogP contribution < -0.4 is 5.32 Å². The van der Waals surface area contributed by atoms with Crippen molar-refractivity contribution in [1.29, 1.82) is 0 Å². The maximum Gasteiger partial charge on any atom is 0.253 e. The van der Waals surface area contributed by atoms with E-state index in [1.807, 2.05) is 41.3 Å². The predicted octanol–water partition coefficient (Wildman–Crippen LogP) is 2.29. The number of rotatable bonds is 6. The summed E-state index contributed by atoms with van der Waals surface area (Å²) >= 11 is 5.94. The molecule has 25 heavy (non-hydrogen) atoms. The van der Waals surface area contributed by atoms with Crippen molar-refractivity contribution in [1.82, 2.24) is 15.2 Å². The Labute approximate surface area is 153 Å². The first-order chi connectivity index (χ1) is 12.2. The molecule has 1 aromatic carbocycles. The second-order valence-electron chi connectivity index (χ2n) is 6.06. The molecule has 1 atom stereocenters. The van der Waals surface area contributed by atoms with E-state index in [-0.39, 0.29) is 5.91 Å². The van der Waals surface area contributed by atoms with Crippen LogP contribution in [0.15, 0.2) is 48.8 Å². The molecule has 1 saturated heterocycles. The smallest absolute Gasteiger partial charge is 0.253 e. The van der Waals surface area contributed by atoms with Gasteiger partial charge in [0, 0.05) is 43.6 Å². The van der Waals surface area contributed by atoms with Crippen LogP contribution in [-0.2, 0) is 22.5 Å². The minimum absolute atomic E-state index is 0.0185. The lowest BCUT2D eigenvalue weighted by atomic mass is 10.1. The second kappa shape index (κ2) is 8.94. The largest absolute Gasteiger partial charge is 0.366 e. The average molecular weight is 360 g/mol.